The fourth-order valence-electron chi connectivity index (χ4n) is 4.52. The summed E-state index contributed by atoms with van der Waals surface area (Å²) in [7, 11) is 0. The van der Waals surface area contributed by atoms with Gasteiger partial charge < -0.3 is 4.90 Å². The van der Waals surface area contributed by atoms with Gasteiger partial charge in [0.1, 0.15) is 11.0 Å². The number of nitriles is 1. The van der Waals surface area contributed by atoms with Crippen LogP contribution in [0.4, 0.5) is 0 Å². The molecule has 3 aromatic rings. The van der Waals surface area contributed by atoms with E-state index in [2.05, 4.69) is 44.6 Å². The quantitative estimate of drug-likeness (QED) is 0.513. The van der Waals surface area contributed by atoms with Crippen molar-refractivity contribution >= 4 is 23.0 Å². The number of carbonyl (C=O) groups is 1. The van der Waals surface area contributed by atoms with E-state index in [1.165, 1.54) is 11.1 Å². The summed E-state index contributed by atoms with van der Waals surface area (Å²) in [6, 6.07) is 15.6. The molecule has 0 unspecified atom stereocenters. The minimum atomic E-state index is 0.0314. The van der Waals surface area contributed by atoms with Gasteiger partial charge in [-0.2, -0.15) is 20.7 Å². The summed E-state index contributed by atoms with van der Waals surface area (Å²) in [6.45, 7) is 4.28. The van der Waals surface area contributed by atoms with Crippen molar-refractivity contribution in [2.24, 2.45) is 5.92 Å². The molecule has 0 radical (unpaired) electrons. The third-order valence-electron chi connectivity index (χ3n) is 6.29. The molecule has 3 heterocycles. The first-order valence-corrected chi connectivity index (χ1v) is 10.9. The second-order valence-electron chi connectivity index (χ2n) is 8.43. The minimum Gasteiger partial charge on any atom is -0.335 e. The summed E-state index contributed by atoms with van der Waals surface area (Å²) in [6.07, 6.45) is 6.68. The van der Waals surface area contributed by atoms with Crippen LogP contribution in [0.2, 0.25) is 0 Å². The number of aromatic nitrogens is 3. The summed E-state index contributed by atoms with van der Waals surface area (Å²) < 4.78 is 0. The highest BCUT2D eigenvalue weighted by atomic mass is 16.2. The lowest BCUT2D eigenvalue weighted by molar-refractivity contribution is -0.125. The van der Waals surface area contributed by atoms with Crippen LogP contribution < -0.4 is 0 Å². The first-order chi connectivity index (χ1) is 15.7. The van der Waals surface area contributed by atoms with Gasteiger partial charge in [-0.15, -0.1) is 0 Å². The summed E-state index contributed by atoms with van der Waals surface area (Å²) in [5, 5.41) is 19.9. The lowest BCUT2D eigenvalue weighted by atomic mass is 10.00. The van der Waals surface area contributed by atoms with E-state index in [9.17, 15) is 4.79 Å². The third-order valence-corrected chi connectivity index (χ3v) is 6.29. The monoisotopic (exact) mass is 424 g/mol. The van der Waals surface area contributed by atoms with E-state index in [0.717, 1.165) is 49.2 Å². The average molecular weight is 425 g/mol. The van der Waals surface area contributed by atoms with E-state index < -0.39 is 0 Å². The molecule has 1 aromatic heterocycles. The first-order valence-electron chi connectivity index (χ1n) is 10.9. The molecule has 32 heavy (non-hydrogen) atoms. The number of hydrogen-bond acceptors (Lipinski definition) is 5. The second-order valence-corrected chi connectivity index (χ2v) is 8.43. The van der Waals surface area contributed by atoms with Crippen molar-refractivity contribution in [1.82, 2.24) is 25.2 Å². The van der Waals surface area contributed by atoms with Gasteiger partial charge in [-0.3, -0.25) is 9.69 Å². The van der Waals surface area contributed by atoms with E-state index >= 15 is 0 Å². The van der Waals surface area contributed by atoms with Crippen LogP contribution in [-0.2, 0) is 11.3 Å². The summed E-state index contributed by atoms with van der Waals surface area (Å²) in [5.74, 6) is 0.537. The molecule has 0 saturated carbocycles. The number of hydrogen-bond donors (Lipinski definition) is 1. The lowest BCUT2D eigenvalue weighted by Crippen LogP contribution is -2.31. The molecule has 1 saturated heterocycles. The zero-order valence-electron chi connectivity index (χ0n) is 17.7. The standard InChI is InChI=1S/C25H24N6O/c26-14-19-3-1-18(2-4-19)6-8-25(32)31-11-9-21-16-30(17-22(21)10-12-31)15-20-5-7-23-24(13-20)28-29-27-23/h1-9,13,22H,10-12,15-17H2,(H,27,28,29)/b8-6+/t22-/m1/s1. The van der Waals surface area contributed by atoms with Gasteiger partial charge in [-0.1, -0.05) is 29.8 Å². The highest BCUT2D eigenvalue weighted by Gasteiger charge is 2.30. The highest BCUT2D eigenvalue weighted by Crippen LogP contribution is 2.29. The van der Waals surface area contributed by atoms with Crippen LogP contribution in [0.25, 0.3) is 17.1 Å². The zero-order valence-corrected chi connectivity index (χ0v) is 17.7. The van der Waals surface area contributed by atoms with Crippen LogP contribution in [0.1, 0.15) is 23.1 Å². The van der Waals surface area contributed by atoms with Crippen LogP contribution in [0.3, 0.4) is 0 Å². The van der Waals surface area contributed by atoms with Crippen molar-refractivity contribution in [3.8, 4) is 6.07 Å². The number of rotatable bonds is 4. The maximum Gasteiger partial charge on any atom is 0.246 e. The lowest BCUT2D eigenvalue weighted by Gasteiger charge is -2.20. The average Bonchev–Trinajstić information content (AvgIpc) is 3.39. The van der Waals surface area contributed by atoms with Gasteiger partial charge in [0, 0.05) is 38.8 Å². The number of H-pyrrole nitrogens is 1. The fourth-order valence-corrected chi connectivity index (χ4v) is 4.52. The Morgan fingerprint density at radius 2 is 2.03 bits per heavy atom. The van der Waals surface area contributed by atoms with Crippen molar-refractivity contribution in [1.29, 1.82) is 5.26 Å². The number of benzene rings is 2. The van der Waals surface area contributed by atoms with Crippen molar-refractivity contribution in [2.75, 3.05) is 26.2 Å². The molecule has 1 amide bonds. The molecule has 1 fully saturated rings. The number of aromatic amines is 1. The minimum absolute atomic E-state index is 0.0314. The maximum absolute atomic E-state index is 12.7. The van der Waals surface area contributed by atoms with E-state index in [4.69, 9.17) is 5.26 Å². The summed E-state index contributed by atoms with van der Waals surface area (Å²) in [4.78, 5) is 17.1. The van der Waals surface area contributed by atoms with Gasteiger partial charge in [-0.25, -0.2) is 0 Å². The zero-order chi connectivity index (χ0) is 21.9. The van der Waals surface area contributed by atoms with Crippen LogP contribution in [0.5, 0.6) is 0 Å². The molecule has 0 bridgehead atoms. The Morgan fingerprint density at radius 1 is 1.19 bits per heavy atom. The Bertz CT molecular complexity index is 1230. The summed E-state index contributed by atoms with van der Waals surface area (Å²) >= 11 is 0. The Kier molecular flexibility index (Phi) is 5.53. The smallest absolute Gasteiger partial charge is 0.246 e. The molecular weight excluding hydrogens is 400 g/mol. The van der Waals surface area contributed by atoms with Gasteiger partial charge in [0.2, 0.25) is 5.91 Å². The van der Waals surface area contributed by atoms with Crippen LogP contribution >= 0.6 is 0 Å². The SMILES string of the molecule is N#Cc1ccc(/C=C/C(=O)N2CC=C3CN(Cc4ccc5n[nH]nc5c4)C[C@H]3CC2)cc1. The first kappa shape index (κ1) is 20.2. The highest BCUT2D eigenvalue weighted by molar-refractivity contribution is 5.92. The van der Waals surface area contributed by atoms with E-state index in [1.54, 1.807) is 18.2 Å². The Hall–Kier alpha value is -3.76. The molecule has 7 nitrogen and oxygen atoms in total. The molecule has 160 valence electrons. The predicted octanol–water partition coefficient (Wildman–Crippen LogP) is 3.13. The number of carbonyl (C=O) groups excluding carboxylic acids is 1. The Labute approximate surface area is 186 Å². The van der Waals surface area contributed by atoms with Gasteiger partial charge in [-0.05, 0) is 53.8 Å². The fraction of sp³-hybridized carbons (Fsp3) is 0.280. The molecular formula is C25H24N6O. The topological polar surface area (TPSA) is 88.9 Å². The molecule has 7 heteroatoms. The van der Waals surface area contributed by atoms with Gasteiger partial charge in [0.15, 0.2) is 0 Å². The molecule has 2 aliphatic heterocycles. The van der Waals surface area contributed by atoms with Gasteiger partial charge >= 0.3 is 0 Å². The molecule has 5 rings (SSSR count). The molecule has 2 aromatic carbocycles. The van der Waals surface area contributed by atoms with Crippen LogP contribution in [0.15, 0.2) is 60.2 Å². The van der Waals surface area contributed by atoms with Crippen molar-refractivity contribution in [2.45, 2.75) is 13.0 Å². The number of nitrogens with one attached hydrogen (secondary N) is 1. The molecule has 1 atom stereocenters. The largest absolute Gasteiger partial charge is 0.335 e. The summed E-state index contributed by atoms with van der Waals surface area (Å²) in [5.41, 5.74) is 6.01. The van der Waals surface area contributed by atoms with E-state index in [-0.39, 0.29) is 5.91 Å². The molecule has 2 aliphatic rings. The third kappa shape index (κ3) is 4.32. The maximum atomic E-state index is 12.7. The Morgan fingerprint density at radius 3 is 2.88 bits per heavy atom. The predicted molar refractivity (Wildman–Crippen MR) is 122 cm³/mol. The van der Waals surface area contributed by atoms with Crippen LogP contribution in [-0.4, -0.2) is 57.3 Å². The molecule has 1 N–H and O–H groups in total. The van der Waals surface area contributed by atoms with Crippen molar-refractivity contribution in [3.05, 3.63) is 76.9 Å². The number of nitrogens with zero attached hydrogens (tertiary/aromatic N) is 5. The van der Waals surface area contributed by atoms with Gasteiger partial charge in [0.25, 0.3) is 0 Å². The van der Waals surface area contributed by atoms with Gasteiger partial charge in [0.05, 0.1) is 11.6 Å². The number of fused-ring (bicyclic) bond motifs is 2. The molecule has 0 spiro atoms. The van der Waals surface area contributed by atoms with Crippen molar-refractivity contribution in [3.63, 3.8) is 0 Å². The van der Waals surface area contributed by atoms with Crippen LogP contribution in [0, 0.1) is 17.2 Å². The number of amides is 1. The van der Waals surface area contributed by atoms with Crippen molar-refractivity contribution < 1.29 is 4.79 Å². The second kappa shape index (κ2) is 8.77. The Balaban J connectivity index is 1.19. The molecule has 0 aliphatic carbocycles. The number of likely N-dealkylation sites (tertiary alicyclic amines) is 1. The van der Waals surface area contributed by atoms with E-state index in [0.29, 0.717) is 18.0 Å². The van der Waals surface area contributed by atoms with E-state index in [1.807, 2.05) is 29.2 Å². The normalized spacial score (nSPS) is 19.0.